The molecule has 0 radical (unpaired) electrons. The number of hydrogen-bond donors (Lipinski definition) is 1. The molecule has 1 N–H and O–H groups in total. The Hall–Kier alpha value is -1.95. The Balaban J connectivity index is 1.63. The minimum atomic E-state index is -0.0737. The van der Waals surface area contributed by atoms with Gasteiger partial charge in [-0.15, -0.1) is 0 Å². The lowest BCUT2D eigenvalue weighted by molar-refractivity contribution is 0.169. The topological polar surface area (TPSA) is 60.0 Å². The first-order valence-electron chi connectivity index (χ1n) is 8.29. The first-order chi connectivity index (χ1) is 11.3. The largest absolute Gasteiger partial charge is 0.486 e. The molecule has 1 saturated heterocycles. The number of nitrogens with zero attached hydrogens (tertiary/aromatic N) is 1. The Morgan fingerprint density at radius 2 is 2.09 bits per heavy atom. The fourth-order valence-corrected chi connectivity index (χ4v) is 2.91. The number of rotatable bonds is 5. The zero-order valence-corrected chi connectivity index (χ0v) is 13.5. The number of carbonyl (C=O) groups is 1. The Kier molecular flexibility index (Phi) is 5.23. The number of anilines is 1. The fraction of sp³-hybridized carbons (Fsp3) is 0.588. The molecule has 3 rings (SSSR count). The van der Waals surface area contributed by atoms with Crippen molar-refractivity contribution in [3.05, 3.63) is 18.2 Å². The van der Waals surface area contributed by atoms with Crippen LogP contribution in [0, 0.1) is 5.92 Å². The third-order valence-electron chi connectivity index (χ3n) is 4.08. The molecule has 2 aliphatic rings. The average molecular weight is 320 g/mol. The third kappa shape index (κ3) is 4.07. The molecule has 2 amide bonds. The van der Waals surface area contributed by atoms with E-state index >= 15 is 0 Å². The molecule has 1 aromatic carbocycles. The summed E-state index contributed by atoms with van der Waals surface area (Å²) < 4.78 is 16.5. The number of nitrogens with one attached hydrogen (secondary N) is 1. The van der Waals surface area contributed by atoms with Crippen molar-refractivity contribution in [2.24, 2.45) is 5.92 Å². The maximum Gasteiger partial charge on any atom is 0.321 e. The molecule has 1 fully saturated rings. The lowest BCUT2D eigenvalue weighted by atomic mass is 10.1. The monoisotopic (exact) mass is 320 g/mol. The molecule has 1 atom stereocenters. The van der Waals surface area contributed by atoms with Crippen molar-refractivity contribution >= 4 is 11.7 Å². The number of carbonyl (C=O) groups excluding carboxylic acids is 1. The highest BCUT2D eigenvalue weighted by molar-refractivity contribution is 5.89. The standard InChI is InChI=1S/C17H24N2O4/c1-2-6-19(11-13-5-7-21-12-13)17(20)18-14-3-4-15-16(10-14)23-9-8-22-15/h3-4,10,13H,2,5-9,11-12H2,1H3,(H,18,20). The van der Waals surface area contributed by atoms with E-state index in [9.17, 15) is 4.79 Å². The van der Waals surface area contributed by atoms with Crippen LogP contribution in [-0.4, -0.2) is 50.4 Å². The van der Waals surface area contributed by atoms with Crippen LogP contribution < -0.4 is 14.8 Å². The number of fused-ring (bicyclic) bond motifs is 1. The van der Waals surface area contributed by atoms with Gasteiger partial charge < -0.3 is 24.4 Å². The molecule has 0 bridgehead atoms. The molecule has 2 heterocycles. The van der Waals surface area contributed by atoms with E-state index in [1.165, 1.54) is 0 Å². The number of benzene rings is 1. The van der Waals surface area contributed by atoms with Crippen molar-refractivity contribution in [3.63, 3.8) is 0 Å². The van der Waals surface area contributed by atoms with Gasteiger partial charge in [0.15, 0.2) is 11.5 Å². The number of ether oxygens (including phenoxy) is 3. The van der Waals surface area contributed by atoms with Crippen LogP contribution in [0.25, 0.3) is 0 Å². The number of hydrogen-bond acceptors (Lipinski definition) is 4. The third-order valence-corrected chi connectivity index (χ3v) is 4.08. The van der Waals surface area contributed by atoms with Crippen molar-refractivity contribution in [3.8, 4) is 11.5 Å². The zero-order chi connectivity index (χ0) is 16.1. The molecule has 6 heteroatoms. The van der Waals surface area contributed by atoms with Crippen molar-refractivity contribution in [2.45, 2.75) is 19.8 Å². The molecular formula is C17H24N2O4. The van der Waals surface area contributed by atoms with Crippen LogP contribution in [0.2, 0.25) is 0 Å². The van der Waals surface area contributed by atoms with E-state index in [2.05, 4.69) is 12.2 Å². The second kappa shape index (κ2) is 7.55. The van der Waals surface area contributed by atoms with E-state index in [0.717, 1.165) is 50.6 Å². The molecule has 23 heavy (non-hydrogen) atoms. The second-order valence-electron chi connectivity index (χ2n) is 5.96. The highest BCUT2D eigenvalue weighted by atomic mass is 16.6. The van der Waals surface area contributed by atoms with Crippen molar-refractivity contribution in [2.75, 3.05) is 44.8 Å². The summed E-state index contributed by atoms with van der Waals surface area (Å²) in [5, 5.41) is 2.96. The first kappa shape index (κ1) is 15.9. The van der Waals surface area contributed by atoms with Gasteiger partial charge in [-0.05, 0) is 25.0 Å². The maximum atomic E-state index is 12.6. The predicted octanol–water partition coefficient (Wildman–Crippen LogP) is 2.74. The summed E-state index contributed by atoms with van der Waals surface area (Å²) in [4.78, 5) is 14.4. The quantitative estimate of drug-likeness (QED) is 0.906. The average Bonchev–Trinajstić information content (AvgIpc) is 3.07. The molecule has 0 aliphatic carbocycles. The highest BCUT2D eigenvalue weighted by Gasteiger charge is 2.22. The van der Waals surface area contributed by atoms with Crippen LogP contribution in [0.15, 0.2) is 18.2 Å². The van der Waals surface area contributed by atoms with Gasteiger partial charge in [-0.3, -0.25) is 0 Å². The second-order valence-corrected chi connectivity index (χ2v) is 5.96. The lowest BCUT2D eigenvalue weighted by Gasteiger charge is -2.25. The lowest BCUT2D eigenvalue weighted by Crippen LogP contribution is -2.39. The Bertz CT molecular complexity index is 543. The van der Waals surface area contributed by atoms with Crippen LogP contribution in [0.3, 0.4) is 0 Å². The minimum absolute atomic E-state index is 0.0737. The van der Waals surface area contributed by atoms with Crippen molar-refractivity contribution < 1.29 is 19.0 Å². The van der Waals surface area contributed by atoms with Gasteiger partial charge >= 0.3 is 6.03 Å². The van der Waals surface area contributed by atoms with E-state index in [4.69, 9.17) is 14.2 Å². The molecular weight excluding hydrogens is 296 g/mol. The molecule has 0 spiro atoms. The summed E-state index contributed by atoms with van der Waals surface area (Å²) >= 11 is 0. The van der Waals surface area contributed by atoms with E-state index in [-0.39, 0.29) is 6.03 Å². The highest BCUT2D eigenvalue weighted by Crippen LogP contribution is 2.32. The molecule has 126 valence electrons. The fourth-order valence-electron chi connectivity index (χ4n) is 2.91. The van der Waals surface area contributed by atoms with Crippen LogP contribution >= 0.6 is 0 Å². The van der Waals surface area contributed by atoms with Gasteiger partial charge in [0.2, 0.25) is 0 Å². The summed E-state index contributed by atoms with van der Waals surface area (Å²) in [6.45, 7) is 6.21. The minimum Gasteiger partial charge on any atom is -0.486 e. The zero-order valence-electron chi connectivity index (χ0n) is 13.5. The van der Waals surface area contributed by atoms with Gasteiger partial charge in [-0.25, -0.2) is 4.79 Å². The van der Waals surface area contributed by atoms with Gasteiger partial charge in [-0.1, -0.05) is 6.92 Å². The molecule has 1 unspecified atom stereocenters. The van der Waals surface area contributed by atoms with Gasteiger partial charge in [0.25, 0.3) is 0 Å². The van der Waals surface area contributed by atoms with Crippen LogP contribution in [0.5, 0.6) is 11.5 Å². The smallest absolute Gasteiger partial charge is 0.321 e. The normalized spacial score (nSPS) is 19.4. The van der Waals surface area contributed by atoms with Gasteiger partial charge in [0.05, 0.1) is 6.61 Å². The Morgan fingerprint density at radius 3 is 2.83 bits per heavy atom. The molecule has 0 aromatic heterocycles. The number of urea groups is 1. The summed E-state index contributed by atoms with van der Waals surface area (Å²) in [7, 11) is 0. The molecule has 2 aliphatic heterocycles. The summed E-state index contributed by atoms with van der Waals surface area (Å²) in [6, 6.07) is 5.41. The van der Waals surface area contributed by atoms with Crippen LogP contribution in [-0.2, 0) is 4.74 Å². The number of amides is 2. The van der Waals surface area contributed by atoms with Crippen LogP contribution in [0.4, 0.5) is 10.5 Å². The van der Waals surface area contributed by atoms with Gasteiger partial charge in [-0.2, -0.15) is 0 Å². The molecule has 1 aromatic rings. The van der Waals surface area contributed by atoms with Crippen molar-refractivity contribution in [1.82, 2.24) is 4.90 Å². The predicted molar refractivity (Wildman–Crippen MR) is 87.2 cm³/mol. The summed E-state index contributed by atoms with van der Waals surface area (Å²) in [6.07, 6.45) is 1.96. The first-order valence-corrected chi connectivity index (χ1v) is 8.29. The van der Waals surface area contributed by atoms with E-state index < -0.39 is 0 Å². The van der Waals surface area contributed by atoms with Gasteiger partial charge in [0, 0.05) is 37.4 Å². The Morgan fingerprint density at radius 1 is 1.26 bits per heavy atom. The van der Waals surface area contributed by atoms with Crippen LogP contribution in [0.1, 0.15) is 19.8 Å². The Labute approximate surface area is 136 Å². The summed E-state index contributed by atoms with van der Waals surface area (Å²) in [5.74, 6) is 1.84. The molecule has 6 nitrogen and oxygen atoms in total. The molecule has 0 saturated carbocycles. The summed E-state index contributed by atoms with van der Waals surface area (Å²) in [5.41, 5.74) is 0.725. The van der Waals surface area contributed by atoms with Crippen molar-refractivity contribution in [1.29, 1.82) is 0 Å². The van der Waals surface area contributed by atoms with Gasteiger partial charge in [0.1, 0.15) is 13.2 Å². The van der Waals surface area contributed by atoms with E-state index in [1.807, 2.05) is 23.1 Å². The SMILES string of the molecule is CCCN(CC1CCOC1)C(=O)Nc1ccc2c(c1)OCCO2. The maximum absolute atomic E-state index is 12.6. The van der Waals surface area contributed by atoms with E-state index in [0.29, 0.717) is 24.9 Å². The van der Waals surface area contributed by atoms with E-state index in [1.54, 1.807) is 0 Å².